The summed E-state index contributed by atoms with van der Waals surface area (Å²) in [5.74, 6) is -0.777. The van der Waals surface area contributed by atoms with Crippen LogP contribution in [0.5, 0.6) is 0 Å². The highest BCUT2D eigenvalue weighted by molar-refractivity contribution is 7.99. The van der Waals surface area contributed by atoms with Crippen LogP contribution in [0, 0.1) is 0 Å². The van der Waals surface area contributed by atoms with Crippen molar-refractivity contribution >= 4 is 35.0 Å². The molecule has 1 aromatic carbocycles. The van der Waals surface area contributed by atoms with E-state index in [0.29, 0.717) is 15.6 Å². The molecule has 4 nitrogen and oxygen atoms in total. The van der Waals surface area contributed by atoms with Crippen molar-refractivity contribution in [2.75, 3.05) is 11.5 Å². The normalized spacial score (nSPS) is 12.4. The lowest BCUT2D eigenvalue weighted by Gasteiger charge is -2.10. The number of aliphatic carboxylic acids is 1. The Morgan fingerprint density at radius 1 is 1.56 bits per heavy atom. The van der Waals surface area contributed by atoms with Gasteiger partial charge in [-0.2, -0.15) is 0 Å². The molecule has 0 spiro atoms. The Hall–Kier alpha value is -0.910. The second kappa shape index (κ2) is 5.98. The molecule has 1 atom stereocenters. The summed E-state index contributed by atoms with van der Waals surface area (Å²) in [6.45, 7) is 0. The van der Waals surface area contributed by atoms with E-state index in [1.165, 1.54) is 11.8 Å². The van der Waals surface area contributed by atoms with Crippen LogP contribution in [0.2, 0.25) is 5.02 Å². The summed E-state index contributed by atoms with van der Waals surface area (Å²) in [5, 5.41) is 18.4. The number of rotatable bonds is 5. The van der Waals surface area contributed by atoms with Crippen molar-refractivity contribution in [2.24, 2.45) is 0 Å². The summed E-state index contributed by atoms with van der Waals surface area (Å²) in [6, 6.07) is 5.14. The smallest absolute Gasteiger partial charge is 0.306 e. The molecular weight excluding hydrogens is 250 g/mol. The van der Waals surface area contributed by atoms with E-state index in [0.717, 1.165) is 0 Å². The zero-order valence-electron chi connectivity index (χ0n) is 8.39. The summed E-state index contributed by atoms with van der Waals surface area (Å²) in [6.07, 6.45) is -1.18. The number of carboxylic acid groups (broad SMARTS) is 1. The third-order valence-corrected chi connectivity index (χ3v) is 3.55. The number of nitrogen functional groups attached to an aromatic ring is 1. The lowest BCUT2D eigenvalue weighted by molar-refractivity contribution is -0.138. The first kappa shape index (κ1) is 13.2. The van der Waals surface area contributed by atoms with Crippen LogP contribution in [0.3, 0.4) is 0 Å². The van der Waals surface area contributed by atoms with Gasteiger partial charge < -0.3 is 15.9 Å². The van der Waals surface area contributed by atoms with Crippen molar-refractivity contribution in [3.8, 4) is 0 Å². The summed E-state index contributed by atoms with van der Waals surface area (Å²) in [5.41, 5.74) is 6.23. The van der Waals surface area contributed by atoms with E-state index in [2.05, 4.69) is 0 Å². The summed E-state index contributed by atoms with van der Waals surface area (Å²) < 4.78 is 0. The van der Waals surface area contributed by atoms with E-state index < -0.39 is 12.1 Å². The molecule has 0 bridgehead atoms. The van der Waals surface area contributed by atoms with Gasteiger partial charge in [0.25, 0.3) is 0 Å². The molecule has 0 aromatic heterocycles. The lowest BCUT2D eigenvalue weighted by atomic mass is 10.3. The number of benzene rings is 1. The van der Waals surface area contributed by atoms with Gasteiger partial charge in [0.2, 0.25) is 0 Å². The van der Waals surface area contributed by atoms with Crippen LogP contribution in [0.1, 0.15) is 6.42 Å². The zero-order chi connectivity index (χ0) is 12.1. The van der Waals surface area contributed by atoms with Crippen molar-refractivity contribution in [2.45, 2.75) is 17.4 Å². The van der Waals surface area contributed by atoms with Gasteiger partial charge in [-0.25, -0.2) is 0 Å². The maximum Gasteiger partial charge on any atom is 0.306 e. The van der Waals surface area contributed by atoms with Crippen LogP contribution in [0.25, 0.3) is 0 Å². The number of aliphatic hydroxyl groups excluding tert-OH is 1. The van der Waals surface area contributed by atoms with Gasteiger partial charge in [0.1, 0.15) is 0 Å². The molecule has 16 heavy (non-hydrogen) atoms. The maximum absolute atomic E-state index is 10.3. The molecule has 4 N–H and O–H groups in total. The van der Waals surface area contributed by atoms with Crippen molar-refractivity contribution in [3.63, 3.8) is 0 Å². The minimum absolute atomic E-state index is 0.250. The molecular formula is C10H12ClNO3S. The van der Waals surface area contributed by atoms with Crippen LogP contribution in [0.15, 0.2) is 23.1 Å². The molecule has 0 aliphatic rings. The van der Waals surface area contributed by atoms with E-state index in [4.69, 9.17) is 22.4 Å². The molecule has 0 amide bonds. The number of aliphatic hydroxyl groups is 1. The van der Waals surface area contributed by atoms with Crippen molar-refractivity contribution < 1.29 is 15.0 Å². The van der Waals surface area contributed by atoms with Gasteiger partial charge in [-0.15, -0.1) is 11.8 Å². The summed E-state index contributed by atoms with van der Waals surface area (Å²) in [4.78, 5) is 11.0. The summed E-state index contributed by atoms with van der Waals surface area (Å²) >= 11 is 7.17. The second-order valence-corrected chi connectivity index (χ2v) is 4.66. The van der Waals surface area contributed by atoms with Gasteiger partial charge in [0, 0.05) is 16.3 Å². The number of hydrogen-bond acceptors (Lipinski definition) is 4. The highest BCUT2D eigenvalue weighted by Crippen LogP contribution is 2.32. The monoisotopic (exact) mass is 261 g/mol. The highest BCUT2D eigenvalue weighted by Gasteiger charge is 2.12. The average Bonchev–Trinajstić information content (AvgIpc) is 2.15. The predicted molar refractivity (Wildman–Crippen MR) is 64.8 cm³/mol. The Balaban J connectivity index is 2.57. The third kappa shape index (κ3) is 3.92. The standard InChI is InChI=1S/C10H12ClNO3S/c11-7-2-1-3-8(12)10(7)16-5-6(13)4-9(14)15/h1-3,6,13H,4-5,12H2,(H,14,15). The Kier molecular flexibility index (Phi) is 4.92. The van der Waals surface area contributed by atoms with Gasteiger partial charge >= 0.3 is 5.97 Å². The Morgan fingerprint density at radius 3 is 2.81 bits per heavy atom. The fraction of sp³-hybridized carbons (Fsp3) is 0.300. The fourth-order valence-corrected chi connectivity index (χ4v) is 2.38. The molecule has 1 rings (SSSR count). The summed E-state index contributed by atoms with van der Waals surface area (Å²) in [7, 11) is 0. The van der Waals surface area contributed by atoms with Crippen LogP contribution in [0.4, 0.5) is 5.69 Å². The average molecular weight is 262 g/mol. The number of carbonyl (C=O) groups is 1. The minimum Gasteiger partial charge on any atom is -0.481 e. The van der Waals surface area contributed by atoms with Gasteiger partial charge in [0.05, 0.1) is 17.5 Å². The molecule has 0 fully saturated rings. The van der Waals surface area contributed by atoms with Gasteiger partial charge in [-0.05, 0) is 12.1 Å². The Morgan fingerprint density at radius 2 is 2.25 bits per heavy atom. The first-order chi connectivity index (χ1) is 7.50. The van der Waals surface area contributed by atoms with Crippen LogP contribution in [-0.2, 0) is 4.79 Å². The van der Waals surface area contributed by atoms with Crippen LogP contribution >= 0.6 is 23.4 Å². The van der Waals surface area contributed by atoms with E-state index >= 15 is 0 Å². The number of carboxylic acids is 1. The van der Waals surface area contributed by atoms with Crippen LogP contribution < -0.4 is 5.73 Å². The molecule has 88 valence electrons. The first-order valence-electron chi connectivity index (χ1n) is 4.57. The molecule has 0 saturated heterocycles. The zero-order valence-corrected chi connectivity index (χ0v) is 9.96. The van der Waals surface area contributed by atoms with Crippen molar-refractivity contribution in [1.29, 1.82) is 0 Å². The second-order valence-electron chi connectivity index (χ2n) is 3.22. The SMILES string of the molecule is Nc1cccc(Cl)c1SCC(O)CC(=O)O. The predicted octanol–water partition coefficient (Wildman–Crippen LogP) is 1.85. The third-order valence-electron chi connectivity index (χ3n) is 1.83. The van der Waals surface area contributed by atoms with Gasteiger partial charge in [0.15, 0.2) is 0 Å². The molecule has 0 saturated carbocycles. The minimum atomic E-state index is -1.03. The van der Waals surface area contributed by atoms with Crippen LogP contribution in [-0.4, -0.2) is 28.0 Å². The maximum atomic E-state index is 10.3. The highest BCUT2D eigenvalue weighted by atomic mass is 35.5. The number of hydrogen-bond donors (Lipinski definition) is 3. The van der Waals surface area contributed by atoms with E-state index in [1.807, 2.05) is 0 Å². The largest absolute Gasteiger partial charge is 0.481 e. The Bertz CT molecular complexity index is 366. The van der Waals surface area contributed by atoms with E-state index in [-0.39, 0.29) is 12.2 Å². The Labute approximate surface area is 102 Å². The quantitative estimate of drug-likeness (QED) is 0.557. The van der Waals surface area contributed by atoms with Crippen molar-refractivity contribution in [1.82, 2.24) is 0 Å². The molecule has 0 aliphatic carbocycles. The van der Waals surface area contributed by atoms with E-state index in [1.54, 1.807) is 18.2 Å². The molecule has 6 heteroatoms. The molecule has 1 unspecified atom stereocenters. The van der Waals surface area contributed by atoms with E-state index in [9.17, 15) is 9.90 Å². The molecule has 0 radical (unpaired) electrons. The number of anilines is 1. The molecule has 0 heterocycles. The fourth-order valence-electron chi connectivity index (χ4n) is 1.12. The number of thioether (sulfide) groups is 1. The molecule has 1 aromatic rings. The topological polar surface area (TPSA) is 83.5 Å². The first-order valence-corrected chi connectivity index (χ1v) is 5.93. The lowest BCUT2D eigenvalue weighted by Crippen LogP contribution is -2.15. The number of nitrogens with two attached hydrogens (primary N) is 1. The van der Waals surface area contributed by atoms with Crippen molar-refractivity contribution in [3.05, 3.63) is 23.2 Å². The van der Waals surface area contributed by atoms with Gasteiger partial charge in [-0.3, -0.25) is 4.79 Å². The molecule has 0 aliphatic heterocycles. The number of halogens is 1. The van der Waals surface area contributed by atoms with Gasteiger partial charge in [-0.1, -0.05) is 17.7 Å².